The third-order valence-electron chi connectivity index (χ3n) is 4.94. The summed E-state index contributed by atoms with van der Waals surface area (Å²) in [7, 11) is 0. The second kappa shape index (κ2) is 6.84. The molecule has 0 bridgehead atoms. The van der Waals surface area contributed by atoms with E-state index in [4.69, 9.17) is 0 Å². The molecule has 2 aromatic heterocycles. The number of rotatable bonds is 4. The Morgan fingerprint density at radius 1 is 1.00 bits per heavy atom. The number of fused-ring (bicyclic) bond motifs is 3. The first-order valence-electron chi connectivity index (χ1n) is 9.05. The van der Waals surface area contributed by atoms with Gasteiger partial charge in [-0.25, -0.2) is 4.39 Å². The molecule has 4 rings (SSSR count). The highest BCUT2D eigenvalue weighted by Crippen LogP contribution is 2.39. The number of benzene rings is 2. The highest BCUT2D eigenvalue weighted by molar-refractivity contribution is 6.02. The van der Waals surface area contributed by atoms with E-state index in [0.717, 1.165) is 34.0 Å². The van der Waals surface area contributed by atoms with Crippen molar-refractivity contribution in [2.45, 2.75) is 19.8 Å². The van der Waals surface area contributed by atoms with Gasteiger partial charge in [0.15, 0.2) is 0 Å². The van der Waals surface area contributed by atoms with E-state index in [0.29, 0.717) is 0 Å². The summed E-state index contributed by atoms with van der Waals surface area (Å²) < 4.78 is 15.7. The van der Waals surface area contributed by atoms with E-state index >= 15 is 0 Å². The van der Waals surface area contributed by atoms with Crippen LogP contribution in [0.2, 0.25) is 0 Å². The normalized spacial score (nSPS) is 11.9. The number of hydrogen-bond acceptors (Lipinski definition) is 1. The van der Waals surface area contributed by atoms with Crippen LogP contribution >= 0.6 is 0 Å². The SMILES string of the molecule is CC(C)c1c(C=CC=O)c(-c2ccc(F)cc2)n2ccc3ccccc3c12. The Morgan fingerprint density at radius 2 is 1.74 bits per heavy atom. The molecule has 0 unspecified atom stereocenters. The van der Waals surface area contributed by atoms with E-state index in [-0.39, 0.29) is 11.7 Å². The monoisotopic (exact) mass is 357 g/mol. The molecule has 0 spiro atoms. The van der Waals surface area contributed by atoms with Gasteiger partial charge in [0.25, 0.3) is 0 Å². The molecule has 2 heterocycles. The lowest BCUT2D eigenvalue weighted by Gasteiger charge is -2.08. The summed E-state index contributed by atoms with van der Waals surface area (Å²) in [5, 5.41) is 2.33. The molecule has 0 fully saturated rings. The van der Waals surface area contributed by atoms with Gasteiger partial charge in [-0.1, -0.05) is 38.1 Å². The number of hydrogen-bond donors (Lipinski definition) is 0. The van der Waals surface area contributed by atoms with Gasteiger partial charge in [-0.2, -0.15) is 0 Å². The van der Waals surface area contributed by atoms with Gasteiger partial charge in [-0.05, 0) is 64.9 Å². The van der Waals surface area contributed by atoms with Crippen molar-refractivity contribution in [1.29, 1.82) is 0 Å². The summed E-state index contributed by atoms with van der Waals surface area (Å²) in [4.78, 5) is 11.0. The highest BCUT2D eigenvalue weighted by Gasteiger charge is 2.21. The number of aldehydes is 1. The maximum Gasteiger partial charge on any atom is 0.142 e. The molecule has 3 heteroatoms. The molecule has 0 N–H and O–H groups in total. The van der Waals surface area contributed by atoms with Gasteiger partial charge in [0.2, 0.25) is 0 Å². The number of allylic oxidation sites excluding steroid dienone is 1. The lowest BCUT2D eigenvalue weighted by Crippen LogP contribution is -1.91. The molecule has 0 aliphatic heterocycles. The fourth-order valence-corrected chi connectivity index (χ4v) is 3.85. The second-order valence-electron chi connectivity index (χ2n) is 6.95. The molecule has 0 saturated heterocycles. The summed E-state index contributed by atoms with van der Waals surface area (Å²) in [6.45, 7) is 4.31. The predicted molar refractivity (Wildman–Crippen MR) is 109 cm³/mol. The molecule has 0 amide bonds. The molecule has 0 radical (unpaired) electrons. The molecule has 4 aromatic rings. The lowest BCUT2D eigenvalue weighted by molar-refractivity contribution is -0.104. The maximum atomic E-state index is 13.5. The van der Waals surface area contributed by atoms with Crippen LogP contribution in [0.15, 0.2) is 66.9 Å². The first kappa shape index (κ1) is 17.2. The smallest absolute Gasteiger partial charge is 0.142 e. The summed E-state index contributed by atoms with van der Waals surface area (Å²) in [5.41, 5.74) is 5.20. The fourth-order valence-electron chi connectivity index (χ4n) is 3.85. The molecular formula is C24H20FNO. The van der Waals surface area contributed by atoms with Crippen LogP contribution in [0, 0.1) is 5.82 Å². The van der Waals surface area contributed by atoms with Gasteiger partial charge >= 0.3 is 0 Å². The topological polar surface area (TPSA) is 21.5 Å². The minimum absolute atomic E-state index is 0.256. The van der Waals surface area contributed by atoms with Crippen LogP contribution in [0.25, 0.3) is 33.6 Å². The van der Waals surface area contributed by atoms with Gasteiger partial charge in [-0.15, -0.1) is 0 Å². The first-order chi connectivity index (χ1) is 13.1. The maximum absolute atomic E-state index is 13.5. The van der Waals surface area contributed by atoms with E-state index < -0.39 is 0 Å². The molecule has 134 valence electrons. The van der Waals surface area contributed by atoms with Crippen LogP contribution in [0.1, 0.15) is 30.9 Å². The Balaban J connectivity index is 2.20. The third kappa shape index (κ3) is 2.85. The molecule has 2 aromatic carbocycles. The van der Waals surface area contributed by atoms with Crippen LogP contribution in [0.4, 0.5) is 4.39 Å². The average molecular weight is 357 g/mol. The second-order valence-corrected chi connectivity index (χ2v) is 6.95. The number of pyridine rings is 1. The number of carbonyl (C=O) groups excluding carboxylic acids is 1. The van der Waals surface area contributed by atoms with Crippen molar-refractivity contribution in [2.24, 2.45) is 0 Å². The Labute approximate surface area is 157 Å². The van der Waals surface area contributed by atoms with Gasteiger partial charge in [0.1, 0.15) is 12.1 Å². The largest absolute Gasteiger partial charge is 0.315 e. The Hall–Kier alpha value is -3.20. The number of nitrogens with zero attached hydrogens (tertiary/aromatic N) is 1. The van der Waals surface area contributed by atoms with E-state index in [1.54, 1.807) is 12.1 Å². The number of carbonyl (C=O) groups is 1. The summed E-state index contributed by atoms with van der Waals surface area (Å²) in [6.07, 6.45) is 6.23. The number of aromatic nitrogens is 1. The fraction of sp³-hybridized carbons (Fsp3) is 0.125. The molecule has 0 saturated carbocycles. The predicted octanol–water partition coefficient (Wildman–Crippen LogP) is 6.23. The summed E-state index contributed by atoms with van der Waals surface area (Å²) in [6, 6.07) is 16.9. The average Bonchev–Trinajstić information content (AvgIpc) is 3.01. The zero-order valence-corrected chi connectivity index (χ0v) is 15.3. The molecule has 0 atom stereocenters. The van der Waals surface area contributed by atoms with Crippen LogP contribution in [0.5, 0.6) is 0 Å². The third-order valence-corrected chi connectivity index (χ3v) is 4.94. The summed E-state index contributed by atoms with van der Waals surface area (Å²) >= 11 is 0. The van der Waals surface area contributed by atoms with Gasteiger partial charge in [0, 0.05) is 17.1 Å². The zero-order chi connectivity index (χ0) is 19.0. The minimum Gasteiger partial charge on any atom is -0.315 e. The molecule has 0 aliphatic carbocycles. The zero-order valence-electron chi connectivity index (χ0n) is 15.3. The molecule has 27 heavy (non-hydrogen) atoms. The van der Waals surface area contributed by atoms with Crippen LogP contribution < -0.4 is 0 Å². The van der Waals surface area contributed by atoms with E-state index in [9.17, 15) is 9.18 Å². The molecule has 0 aliphatic rings. The van der Waals surface area contributed by atoms with Gasteiger partial charge < -0.3 is 4.40 Å². The van der Waals surface area contributed by atoms with Crippen molar-refractivity contribution in [3.63, 3.8) is 0 Å². The lowest BCUT2D eigenvalue weighted by atomic mass is 9.95. The Morgan fingerprint density at radius 3 is 2.44 bits per heavy atom. The van der Waals surface area contributed by atoms with E-state index in [1.807, 2.05) is 18.2 Å². The van der Waals surface area contributed by atoms with Crippen molar-refractivity contribution in [3.8, 4) is 11.3 Å². The Bertz CT molecular complexity index is 1170. The van der Waals surface area contributed by atoms with Crippen molar-refractivity contribution in [2.75, 3.05) is 0 Å². The Kier molecular flexibility index (Phi) is 4.36. The minimum atomic E-state index is -0.265. The van der Waals surface area contributed by atoms with E-state index in [2.05, 4.69) is 42.6 Å². The summed E-state index contributed by atoms with van der Waals surface area (Å²) in [5.74, 6) is -0.00886. The van der Waals surface area contributed by atoms with Crippen molar-refractivity contribution >= 4 is 28.7 Å². The molecule has 2 nitrogen and oxygen atoms in total. The van der Waals surface area contributed by atoms with Crippen molar-refractivity contribution in [1.82, 2.24) is 4.40 Å². The van der Waals surface area contributed by atoms with Crippen LogP contribution in [0.3, 0.4) is 0 Å². The standard InChI is InChI=1S/C24H20FNO/c1-16(2)22-21(8-5-15-27)23(18-9-11-19(25)12-10-18)26-14-13-17-6-3-4-7-20(17)24(22)26/h3-16H,1-2H3. The quantitative estimate of drug-likeness (QED) is 0.313. The van der Waals surface area contributed by atoms with E-state index in [1.165, 1.54) is 29.2 Å². The molecular weight excluding hydrogens is 337 g/mol. The van der Waals surface area contributed by atoms with Crippen LogP contribution in [-0.2, 0) is 4.79 Å². The van der Waals surface area contributed by atoms with Crippen molar-refractivity contribution in [3.05, 3.63) is 83.8 Å². The van der Waals surface area contributed by atoms with Crippen LogP contribution in [-0.4, -0.2) is 10.7 Å². The van der Waals surface area contributed by atoms with Gasteiger partial charge in [-0.3, -0.25) is 4.79 Å². The van der Waals surface area contributed by atoms with Gasteiger partial charge in [0.05, 0.1) is 11.2 Å². The van der Waals surface area contributed by atoms with Crippen molar-refractivity contribution < 1.29 is 9.18 Å². The highest BCUT2D eigenvalue weighted by atomic mass is 19.1. The number of halogens is 1. The first-order valence-corrected chi connectivity index (χ1v) is 9.05.